The Morgan fingerprint density at radius 1 is 0.604 bits per heavy atom. The predicted octanol–water partition coefficient (Wildman–Crippen LogP) is 10.5. The van der Waals surface area contributed by atoms with Crippen molar-refractivity contribution in [1.29, 1.82) is 36.8 Å². The minimum Gasteiger partial charge on any atom is -0.385 e. The van der Waals surface area contributed by atoms with E-state index in [0.717, 1.165) is 96.1 Å². The topological polar surface area (TPSA) is 227 Å². The van der Waals surface area contributed by atoms with Gasteiger partial charge in [0.1, 0.15) is 18.9 Å². The van der Waals surface area contributed by atoms with Gasteiger partial charge in [0.2, 0.25) is 0 Å². The molecule has 0 aromatic carbocycles. The summed E-state index contributed by atoms with van der Waals surface area (Å²) in [6.07, 6.45) is 22.2. The number of allylic oxidation sites excluding steroid dienone is 3. The van der Waals surface area contributed by atoms with Gasteiger partial charge in [0, 0.05) is 70.0 Å². The largest absolute Gasteiger partial charge is 0.385 e. The number of ether oxygens (including phenoxy) is 1. The number of aldehydes is 3. The van der Waals surface area contributed by atoms with Crippen LogP contribution in [0.5, 0.6) is 0 Å². The average Bonchev–Trinajstić information content (AvgIpc) is 3.19. The van der Waals surface area contributed by atoms with Crippen LogP contribution in [0.15, 0.2) is 24.8 Å². The molecule has 0 aliphatic carbocycles. The second-order valence-electron chi connectivity index (χ2n) is 11.0. The Labute approximate surface area is 323 Å². The molecule has 0 aliphatic rings. The van der Waals surface area contributed by atoms with E-state index < -0.39 is 0 Å². The number of rotatable bonds is 21. The van der Waals surface area contributed by atoms with E-state index in [4.69, 9.17) is 41.6 Å². The summed E-state index contributed by atoms with van der Waals surface area (Å²) in [5, 5.41) is 56.3. The minimum absolute atomic E-state index is 0.0278. The summed E-state index contributed by atoms with van der Waals surface area (Å²) in [7, 11) is 1.67. The van der Waals surface area contributed by atoms with Crippen LogP contribution in [0.25, 0.3) is 0 Å². The van der Waals surface area contributed by atoms with Gasteiger partial charge in [0.05, 0.1) is 48.9 Å². The number of hydrogen-bond acceptors (Lipinski definition) is 11. The van der Waals surface area contributed by atoms with Crippen LogP contribution in [0, 0.1) is 97.1 Å². The molecule has 0 spiro atoms. The van der Waals surface area contributed by atoms with Crippen molar-refractivity contribution >= 4 is 18.9 Å². The molecule has 0 radical (unpaired) electrons. The highest BCUT2D eigenvalue weighted by molar-refractivity contribution is 5.54. The molecule has 3 atom stereocenters. The van der Waals surface area contributed by atoms with Crippen molar-refractivity contribution in [3.63, 3.8) is 0 Å². The second kappa shape index (κ2) is 72.6. The molecule has 294 valence electrons. The molecule has 0 saturated carbocycles. The van der Waals surface area contributed by atoms with Gasteiger partial charge in [-0.15, -0.1) is 6.58 Å². The average molecular weight is 734 g/mol. The van der Waals surface area contributed by atoms with Crippen LogP contribution in [0.3, 0.4) is 0 Å². The molecule has 11 nitrogen and oxygen atoms in total. The number of nitrogens with zero attached hydrogens (tertiary/aromatic N) is 7. The van der Waals surface area contributed by atoms with Crippen LogP contribution in [0.2, 0.25) is 0 Å². The molecule has 0 N–H and O–H groups in total. The third kappa shape index (κ3) is 92.9. The first-order valence-electron chi connectivity index (χ1n) is 18.4. The van der Waals surface area contributed by atoms with Gasteiger partial charge < -0.3 is 19.1 Å². The molecule has 0 bridgehead atoms. The number of carbonyl (C=O) groups excluding carboxylic acids is 3. The molecular weight excluding hydrogens is 667 g/mol. The lowest BCUT2D eigenvalue weighted by Gasteiger charge is -2.00. The van der Waals surface area contributed by atoms with Crippen LogP contribution in [-0.2, 0) is 19.1 Å². The highest BCUT2D eigenvalue weighted by Crippen LogP contribution is 2.06. The van der Waals surface area contributed by atoms with E-state index in [1.165, 1.54) is 0 Å². The van der Waals surface area contributed by atoms with E-state index >= 15 is 0 Å². The molecule has 3 unspecified atom stereocenters. The van der Waals surface area contributed by atoms with E-state index in [2.05, 4.69) is 25.6 Å². The standard InChI is InChI=1S/2C7H11NO.C6H9NO.C6H11NO.C6H9N.C5H9N.C5H7N/c1-2-7(6-9)4-3-5-8;1-2-3-7(6-9)4-5-8;1-6(5-8)3-2-4-7;1-8-6-4-2-3-5-7;1-2-3-4-5-6-7;2*1-2-3-4-5-6/h2*6-7H,2-4H2,1H3;5-6H,2-3H2,1H3;2-4,6H2,1H3;3-4H,2,5H2,1H3;2-4H2,1H3;2H,1,3-4H2. The molecule has 0 heterocycles. The summed E-state index contributed by atoms with van der Waals surface area (Å²) in [5.41, 5.74) is 0. The predicted molar refractivity (Wildman–Crippen MR) is 211 cm³/mol. The number of hydrogen-bond donors (Lipinski definition) is 0. The molecule has 0 aromatic heterocycles. The Kier molecular flexibility index (Phi) is 86.2. The van der Waals surface area contributed by atoms with Crippen molar-refractivity contribution in [3.8, 4) is 42.5 Å². The van der Waals surface area contributed by atoms with Crippen molar-refractivity contribution in [2.75, 3.05) is 13.7 Å². The normalized spacial score (nSPS) is 9.94. The monoisotopic (exact) mass is 734 g/mol. The number of carbonyl (C=O) groups is 3. The van der Waals surface area contributed by atoms with Gasteiger partial charge in [-0.2, -0.15) is 36.8 Å². The summed E-state index contributed by atoms with van der Waals surface area (Å²) in [5.74, 6) is 0.124. The maximum atomic E-state index is 10.1. The van der Waals surface area contributed by atoms with Crippen LogP contribution in [0.1, 0.15) is 150 Å². The zero-order chi connectivity index (χ0) is 42.1. The lowest BCUT2D eigenvalue weighted by atomic mass is 10.0. The van der Waals surface area contributed by atoms with Gasteiger partial charge in [-0.05, 0) is 57.8 Å². The Hall–Kier alpha value is -5.12. The number of methoxy groups -OCH3 is 1. The van der Waals surface area contributed by atoms with Gasteiger partial charge in [-0.3, -0.25) is 0 Å². The maximum absolute atomic E-state index is 10.1. The van der Waals surface area contributed by atoms with Crippen molar-refractivity contribution < 1.29 is 19.1 Å². The Morgan fingerprint density at radius 3 is 1.49 bits per heavy atom. The van der Waals surface area contributed by atoms with Crippen LogP contribution < -0.4 is 0 Å². The van der Waals surface area contributed by atoms with Crippen LogP contribution >= 0.6 is 0 Å². The van der Waals surface area contributed by atoms with E-state index in [1.54, 1.807) is 13.2 Å². The van der Waals surface area contributed by atoms with Crippen molar-refractivity contribution in [2.24, 2.45) is 17.8 Å². The smallest absolute Gasteiger partial charge is 0.124 e. The highest BCUT2D eigenvalue weighted by Gasteiger charge is 2.03. The van der Waals surface area contributed by atoms with Gasteiger partial charge >= 0.3 is 0 Å². The second-order valence-corrected chi connectivity index (χ2v) is 11.0. The Balaban J connectivity index is -0.0000000937. The highest BCUT2D eigenvalue weighted by atomic mass is 16.5. The third-order valence-corrected chi connectivity index (χ3v) is 6.09. The number of nitriles is 7. The number of unbranched alkanes of at least 4 members (excludes halogenated alkanes) is 5. The minimum atomic E-state index is -0.0278. The van der Waals surface area contributed by atoms with Crippen LogP contribution in [0.4, 0.5) is 0 Å². The van der Waals surface area contributed by atoms with Crippen molar-refractivity contribution in [3.05, 3.63) is 24.8 Å². The first kappa shape index (κ1) is 63.0. The lowest BCUT2D eigenvalue weighted by Crippen LogP contribution is -1.98. The van der Waals surface area contributed by atoms with Gasteiger partial charge in [0.15, 0.2) is 0 Å². The summed E-state index contributed by atoms with van der Waals surface area (Å²) in [4.78, 5) is 30.2. The summed E-state index contributed by atoms with van der Waals surface area (Å²) in [6.45, 7) is 14.1. The third-order valence-electron chi connectivity index (χ3n) is 6.09. The molecule has 0 fully saturated rings. The fraction of sp³-hybridized carbons (Fsp3) is 0.667. The SMILES string of the molecule is C=CCCC#N.CC(C=O)CCC#N.CCC(C=O)CCC#N.CCC=CCC#N.CCCC(C=O)CC#N.CCCCC#N.COCCCCC#N. The summed E-state index contributed by atoms with van der Waals surface area (Å²) >= 11 is 0. The maximum Gasteiger partial charge on any atom is 0.124 e. The molecule has 0 saturated heterocycles. The van der Waals surface area contributed by atoms with E-state index in [1.807, 2.05) is 70.2 Å². The Bertz CT molecular complexity index is 1110. The van der Waals surface area contributed by atoms with E-state index in [-0.39, 0.29) is 17.8 Å². The fourth-order valence-corrected chi connectivity index (χ4v) is 2.86. The molecule has 0 amide bonds. The summed E-state index contributed by atoms with van der Waals surface area (Å²) < 4.78 is 4.78. The summed E-state index contributed by atoms with van der Waals surface area (Å²) in [6, 6.07) is 14.1. The molecular formula is C42H67N7O4. The van der Waals surface area contributed by atoms with Gasteiger partial charge in [0.25, 0.3) is 0 Å². The van der Waals surface area contributed by atoms with Crippen molar-refractivity contribution in [1.82, 2.24) is 0 Å². The van der Waals surface area contributed by atoms with Crippen LogP contribution in [-0.4, -0.2) is 32.6 Å². The van der Waals surface area contributed by atoms with E-state index in [9.17, 15) is 14.4 Å². The fourth-order valence-electron chi connectivity index (χ4n) is 2.86. The quantitative estimate of drug-likeness (QED) is 0.0612. The zero-order valence-electron chi connectivity index (χ0n) is 33.6. The van der Waals surface area contributed by atoms with Crippen molar-refractivity contribution in [2.45, 2.75) is 150 Å². The van der Waals surface area contributed by atoms with E-state index in [0.29, 0.717) is 44.9 Å². The molecule has 0 aromatic rings. The van der Waals surface area contributed by atoms with Gasteiger partial charge in [-0.25, -0.2) is 0 Å². The molecule has 0 aliphatic heterocycles. The Morgan fingerprint density at radius 2 is 1.15 bits per heavy atom. The zero-order valence-corrected chi connectivity index (χ0v) is 33.6. The van der Waals surface area contributed by atoms with Gasteiger partial charge in [-0.1, -0.05) is 65.7 Å². The lowest BCUT2D eigenvalue weighted by molar-refractivity contribution is -0.112. The first-order valence-corrected chi connectivity index (χ1v) is 18.4. The molecule has 53 heavy (non-hydrogen) atoms. The first-order chi connectivity index (χ1) is 25.7. The molecule has 0 rings (SSSR count). The molecule has 11 heteroatoms.